The summed E-state index contributed by atoms with van der Waals surface area (Å²) in [5.41, 5.74) is 2.15. The van der Waals surface area contributed by atoms with Crippen LogP contribution in [0.25, 0.3) is 11.2 Å². The average molecular weight is 344 g/mol. The molecule has 8 nitrogen and oxygen atoms in total. The van der Waals surface area contributed by atoms with Crippen molar-refractivity contribution in [3.05, 3.63) is 35.0 Å². The topological polar surface area (TPSA) is 96.0 Å². The lowest BCUT2D eigenvalue weighted by atomic mass is 10.2. The SMILES string of the molecule is O=C(NCC1CN(c2ncnc3nc[nH]c23)CCO1)c1ccsc1. The number of H-pyrrole nitrogens is 1. The Kier molecular flexibility index (Phi) is 4.09. The lowest BCUT2D eigenvalue weighted by molar-refractivity contribution is 0.0395. The number of amides is 1. The van der Waals surface area contributed by atoms with Crippen molar-refractivity contribution < 1.29 is 9.53 Å². The van der Waals surface area contributed by atoms with Crippen LogP contribution in [0.15, 0.2) is 29.5 Å². The number of anilines is 1. The normalized spacial score (nSPS) is 18.0. The van der Waals surface area contributed by atoms with Crippen molar-refractivity contribution in [1.29, 1.82) is 0 Å². The standard InChI is InChI=1S/C15H16N6O2S/c22-15(10-1-4-24-7-10)16-5-11-6-21(2-3-23-11)14-12-13(18-8-17-12)19-9-20-14/h1,4,7-9,11H,2-3,5-6H2,(H,16,22)(H,17,18,19,20). The first-order chi connectivity index (χ1) is 11.8. The maximum atomic E-state index is 12.0. The van der Waals surface area contributed by atoms with Crippen LogP contribution in [0.3, 0.4) is 0 Å². The average Bonchev–Trinajstić information content (AvgIpc) is 3.30. The number of aromatic nitrogens is 4. The lowest BCUT2D eigenvalue weighted by Gasteiger charge is -2.33. The van der Waals surface area contributed by atoms with Crippen molar-refractivity contribution in [3.63, 3.8) is 0 Å². The summed E-state index contributed by atoms with van der Waals surface area (Å²) in [5, 5.41) is 6.64. The predicted molar refractivity (Wildman–Crippen MR) is 90.3 cm³/mol. The second-order valence-electron chi connectivity index (χ2n) is 5.46. The van der Waals surface area contributed by atoms with Crippen molar-refractivity contribution >= 4 is 34.2 Å². The van der Waals surface area contributed by atoms with Gasteiger partial charge in [-0.3, -0.25) is 4.79 Å². The number of nitrogens with one attached hydrogen (secondary N) is 2. The van der Waals surface area contributed by atoms with Crippen LogP contribution < -0.4 is 10.2 Å². The van der Waals surface area contributed by atoms with E-state index in [9.17, 15) is 4.79 Å². The quantitative estimate of drug-likeness (QED) is 0.734. The van der Waals surface area contributed by atoms with E-state index in [0.29, 0.717) is 30.9 Å². The molecule has 0 saturated carbocycles. The summed E-state index contributed by atoms with van der Waals surface area (Å²) in [6.07, 6.45) is 3.04. The van der Waals surface area contributed by atoms with Gasteiger partial charge in [0.2, 0.25) is 0 Å². The van der Waals surface area contributed by atoms with E-state index >= 15 is 0 Å². The fourth-order valence-corrected chi connectivity index (χ4v) is 3.37. The summed E-state index contributed by atoms with van der Waals surface area (Å²) in [6, 6.07) is 1.81. The maximum Gasteiger partial charge on any atom is 0.252 e. The molecule has 2 N–H and O–H groups in total. The van der Waals surface area contributed by atoms with Crippen molar-refractivity contribution in [3.8, 4) is 0 Å². The first-order valence-corrected chi connectivity index (χ1v) is 8.56. The Morgan fingerprint density at radius 2 is 2.42 bits per heavy atom. The number of carbonyl (C=O) groups excluding carboxylic acids is 1. The molecule has 1 saturated heterocycles. The Balaban J connectivity index is 1.42. The van der Waals surface area contributed by atoms with E-state index in [1.54, 1.807) is 6.33 Å². The molecule has 124 valence electrons. The molecule has 1 unspecified atom stereocenters. The summed E-state index contributed by atoms with van der Waals surface area (Å²) < 4.78 is 5.77. The summed E-state index contributed by atoms with van der Waals surface area (Å²) in [6.45, 7) is 2.43. The number of hydrogen-bond acceptors (Lipinski definition) is 7. The molecule has 0 bridgehead atoms. The van der Waals surface area contributed by atoms with Gasteiger partial charge in [0, 0.05) is 30.6 Å². The summed E-state index contributed by atoms with van der Waals surface area (Å²) in [4.78, 5) is 29.9. The molecular weight excluding hydrogens is 328 g/mol. The number of imidazole rings is 1. The van der Waals surface area contributed by atoms with Crippen LogP contribution in [0.5, 0.6) is 0 Å². The first kappa shape index (κ1) is 15.0. The highest BCUT2D eigenvalue weighted by Gasteiger charge is 2.24. The van der Waals surface area contributed by atoms with Gasteiger partial charge in [-0.05, 0) is 11.4 Å². The zero-order chi connectivity index (χ0) is 16.4. The van der Waals surface area contributed by atoms with Gasteiger partial charge in [-0.2, -0.15) is 11.3 Å². The molecule has 4 rings (SSSR count). The largest absolute Gasteiger partial charge is 0.373 e. The predicted octanol–water partition coefficient (Wildman–Crippen LogP) is 1.05. The molecule has 1 fully saturated rings. The summed E-state index contributed by atoms with van der Waals surface area (Å²) in [7, 11) is 0. The highest BCUT2D eigenvalue weighted by molar-refractivity contribution is 7.08. The van der Waals surface area contributed by atoms with E-state index < -0.39 is 0 Å². The van der Waals surface area contributed by atoms with Gasteiger partial charge in [0.1, 0.15) is 11.8 Å². The van der Waals surface area contributed by atoms with Crippen LogP contribution in [-0.4, -0.2) is 58.2 Å². The van der Waals surface area contributed by atoms with Gasteiger partial charge < -0.3 is 19.9 Å². The monoisotopic (exact) mass is 344 g/mol. The van der Waals surface area contributed by atoms with E-state index in [4.69, 9.17) is 4.74 Å². The zero-order valence-corrected chi connectivity index (χ0v) is 13.6. The van der Waals surface area contributed by atoms with Gasteiger partial charge in [0.05, 0.1) is 19.0 Å². The second kappa shape index (κ2) is 6.54. The lowest BCUT2D eigenvalue weighted by Crippen LogP contribution is -2.48. The van der Waals surface area contributed by atoms with E-state index in [1.807, 2.05) is 16.8 Å². The number of thiophene rings is 1. The number of morpholine rings is 1. The fraction of sp³-hybridized carbons (Fsp3) is 0.333. The summed E-state index contributed by atoms with van der Waals surface area (Å²) in [5.74, 6) is 0.741. The fourth-order valence-electron chi connectivity index (χ4n) is 2.73. The third-order valence-corrected chi connectivity index (χ3v) is 4.60. The van der Waals surface area contributed by atoms with E-state index in [-0.39, 0.29) is 12.0 Å². The van der Waals surface area contributed by atoms with Gasteiger partial charge >= 0.3 is 0 Å². The van der Waals surface area contributed by atoms with Crippen molar-refractivity contribution in [2.45, 2.75) is 6.10 Å². The van der Waals surface area contributed by atoms with E-state index in [1.165, 1.54) is 17.7 Å². The van der Waals surface area contributed by atoms with Gasteiger partial charge in [0.15, 0.2) is 11.5 Å². The number of nitrogens with zero attached hydrogens (tertiary/aromatic N) is 4. The number of ether oxygens (including phenoxy) is 1. The molecule has 24 heavy (non-hydrogen) atoms. The molecule has 1 atom stereocenters. The Morgan fingerprint density at radius 1 is 1.46 bits per heavy atom. The van der Waals surface area contributed by atoms with Crippen molar-refractivity contribution in [2.24, 2.45) is 0 Å². The van der Waals surface area contributed by atoms with E-state index in [2.05, 4.69) is 30.2 Å². The van der Waals surface area contributed by atoms with Crippen LogP contribution >= 0.6 is 11.3 Å². The van der Waals surface area contributed by atoms with Crippen molar-refractivity contribution in [1.82, 2.24) is 25.3 Å². The molecule has 9 heteroatoms. The van der Waals surface area contributed by atoms with Crippen LogP contribution in [-0.2, 0) is 4.74 Å². The Morgan fingerprint density at radius 3 is 3.29 bits per heavy atom. The Hall–Kier alpha value is -2.52. The molecule has 1 amide bonds. The highest BCUT2D eigenvalue weighted by atomic mass is 32.1. The first-order valence-electron chi connectivity index (χ1n) is 7.62. The molecule has 0 aromatic carbocycles. The Bertz CT molecular complexity index is 833. The number of rotatable bonds is 4. The molecule has 4 heterocycles. The smallest absolute Gasteiger partial charge is 0.252 e. The summed E-state index contributed by atoms with van der Waals surface area (Å²) >= 11 is 1.51. The number of fused-ring (bicyclic) bond motifs is 1. The molecule has 0 spiro atoms. The molecular formula is C15H16N6O2S. The van der Waals surface area contributed by atoms with Gasteiger partial charge in [0.25, 0.3) is 5.91 Å². The second-order valence-corrected chi connectivity index (χ2v) is 6.24. The number of aromatic amines is 1. The zero-order valence-electron chi connectivity index (χ0n) is 12.8. The third-order valence-electron chi connectivity index (χ3n) is 3.91. The molecule has 0 aliphatic carbocycles. The van der Waals surface area contributed by atoms with Gasteiger partial charge in [-0.25, -0.2) is 15.0 Å². The van der Waals surface area contributed by atoms with Gasteiger partial charge in [-0.15, -0.1) is 0 Å². The van der Waals surface area contributed by atoms with Crippen LogP contribution in [0, 0.1) is 0 Å². The number of hydrogen-bond donors (Lipinski definition) is 2. The minimum absolute atomic E-state index is 0.0741. The molecule has 0 radical (unpaired) electrons. The van der Waals surface area contributed by atoms with Crippen LogP contribution in [0.1, 0.15) is 10.4 Å². The molecule has 3 aromatic rings. The highest BCUT2D eigenvalue weighted by Crippen LogP contribution is 2.21. The van der Waals surface area contributed by atoms with Crippen LogP contribution in [0.2, 0.25) is 0 Å². The van der Waals surface area contributed by atoms with Crippen molar-refractivity contribution in [2.75, 3.05) is 31.1 Å². The third kappa shape index (κ3) is 2.95. The van der Waals surface area contributed by atoms with E-state index in [0.717, 1.165) is 17.9 Å². The van der Waals surface area contributed by atoms with Crippen LogP contribution in [0.4, 0.5) is 5.82 Å². The number of carbonyl (C=O) groups is 1. The molecule has 1 aliphatic heterocycles. The minimum Gasteiger partial charge on any atom is -0.373 e. The molecule has 1 aliphatic rings. The van der Waals surface area contributed by atoms with Gasteiger partial charge in [-0.1, -0.05) is 0 Å². The minimum atomic E-state index is -0.0886. The Labute approximate surface area is 141 Å². The molecule has 3 aromatic heterocycles. The maximum absolute atomic E-state index is 12.0.